The van der Waals surface area contributed by atoms with Crippen LogP contribution in [-0.2, 0) is 7.05 Å². The number of aryl methyl sites for hydroxylation is 1. The standard InChI is InChI=1S/C21H34N4O/c1-6-7-23-13(2)10-21(4)11-16-8-15(9-17(16)12-21)19-18(14(3)26)20(22)25(5)24-19/h15-17H,6-12,22H2,1-5H3/b23-13+. The first-order chi connectivity index (χ1) is 12.2. The van der Waals surface area contributed by atoms with Gasteiger partial charge in [-0.3, -0.25) is 14.5 Å². The third-order valence-electron chi connectivity index (χ3n) is 6.50. The number of aromatic nitrogens is 2. The van der Waals surface area contributed by atoms with Crippen molar-refractivity contribution in [1.82, 2.24) is 9.78 Å². The molecule has 0 aliphatic heterocycles. The number of rotatable bonds is 6. The third kappa shape index (κ3) is 3.58. The van der Waals surface area contributed by atoms with Gasteiger partial charge < -0.3 is 5.73 Å². The molecule has 2 unspecified atom stereocenters. The van der Waals surface area contributed by atoms with Gasteiger partial charge in [-0.15, -0.1) is 0 Å². The summed E-state index contributed by atoms with van der Waals surface area (Å²) in [6, 6.07) is 0. The largest absolute Gasteiger partial charge is 0.383 e. The van der Waals surface area contributed by atoms with E-state index in [1.54, 1.807) is 11.6 Å². The fraction of sp³-hybridized carbons (Fsp3) is 0.762. The minimum atomic E-state index is 0.0373. The molecule has 2 fully saturated rings. The topological polar surface area (TPSA) is 73.3 Å². The van der Waals surface area contributed by atoms with E-state index in [0.29, 0.717) is 22.7 Å². The van der Waals surface area contributed by atoms with Gasteiger partial charge in [0.25, 0.3) is 0 Å². The molecule has 1 heterocycles. The lowest BCUT2D eigenvalue weighted by molar-refractivity contribution is 0.101. The van der Waals surface area contributed by atoms with Gasteiger partial charge in [-0.2, -0.15) is 5.10 Å². The summed E-state index contributed by atoms with van der Waals surface area (Å²) in [5, 5.41) is 4.61. The Kier molecular flexibility index (Phi) is 5.27. The molecule has 2 atom stereocenters. The van der Waals surface area contributed by atoms with Crippen LogP contribution in [0.1, 0.15) is 88.2 Å². The summed E-state index contributed by atoms with van der Waals surface area (Å²) < 4.78 is 1.66. The summed E-state index contributed by atoms with van der Waals surface area (Å²) in [5.41, 5.74) is 9.38. The highest BCUT2D eigenvalue weighted by Crippen LogP contribution is 2.58. The van der Waals surface area contributed by atoms with Crippen molar-refractivity contribution in [1.29, 1.82) is 0 Å². The Hall–Kier alpha value is -1.65. The van der Waals surface area contributed by atoms with Gasteiger partial charge in [-0.25, -0.2) is 0 Å². The number of hydrogen-bond acceptors (Lipinski definition) is 4. The summed E-state index contributed by atoms with van der Waals surface area (Å²) in [5.74, 6) is 2.42. The van der Waals surface area contributed by atoms with Gasteiger partial charge in [-0.1, -0.05) is 13.8 Å². The molecule has 26 heavy (non-hydrogen) atoms. The van der Waals surface area contributed by atoms with E-state index < -0.39 is 0 Å². The van der Waals surface area contributed by atoms with Crippen LogP contribution in [0.4, 0.5) is 5.82 Å². The second kappa shape index (κ2) is 7.16. The van der Waals surface area contributed by atoms with Crippen LogP contribution in [0.25, 0.3) is 0 Å². The Bertz CT molecular complexity index is 704. The predicted octanol–water partition coefficient (Wildman–Crippen LogP) is 4.38. The molecular formula is C21H34N4O. The van der Waals surface area contributed by atoms with Crippen LogP contribution >= 0.6 is 0 Å². The second-order valence-corrected chi connectivity index (χ2v) is 9.03. The summed E-state index contributed by atoms with van der Waals surface area (Å²) in [7, 11) is 1.83. The summed E-state index contributed by atoms with van der Waals surface area (Å²) >= 11 is 0. The molecule has 2 saturated carbocycles. The molecule has 0 bridgehead atoms. The van der Waals surface area contributed by atoms with E-state index in [1.165, 1.54) is 18.6 Å². The quantitative estimate of drug-likeness (QED) is 0.606. The van der Waals surface area contributed by atoms with Gasteiger partial charge in [0, 0.05) is 25.2 Å². The number of nitrogen functional groups attached to an aromatic ring is 1. The second-order valence-electron chi connectivity index (χ2n) is 9.03. The molecular weight excluding hydrogens is 324 g/mol. The number of nitrogens with two attached hydrogens (primary N) is 1. The number of aliphatic imine (C=N–C) groups is 1. The van der Waals surface area contributed by atoms with E-state index in [9.17, 15) is 4.79 Å². The molecule has 2 N–H and O–H groups in total. The van der Waals surface area contributed by atoms with Crippen molar-refractivity contribution in [3.05, 3.63) is 11.3 Å². The summed E-state index contributed by atoms with van der Waals surface area (Å²) in [4.78, 5) is 16.8. The van der Waals surface area contributed by atoms with Crippen LogP contribution in [0.5, 0.6) is 0 Å². The fourth-order valence-electron chi connectivity index (χ4n) is 5.61. The minimum absolute atomic E-state index is 0.0373. The number of fused-ring (bicyclic) bond motifs is 1. The van der Waals surface area contributed by atoms with Gasteiger partial charge in [-0.05, 0) is 69.6 Å². The number of anilines is 1. The predicted molar refractivity (Wildman–Crippen MR) is 107 cm³/mol. The zero-order chi connectivity index (χ0) is 19.1. The average Bonchev–Trinajstić information content (AvgIpc) is 3.15. The summed E-state index contributed by atoms with van der Waals surface area (Å²) in [6.07, 6.45) is 7.06. The number of carbonyl (C=O) groups is 1. The minimum Gasteiger partial charge on any atom is -0.383 e. The van der Waals surface area contributed by atoms with Gasteiger partial charge in [0.15, 0.2) is 5.78 Å². The number of ketones is 1. The van der Waals surface area contributed by atoms with Gasteiger partial charge >= 0.3 is 0 Å². The molecule has 0 saturated heterocycles. The Labute approximate surface area is 157 Å². The van der Waals surface area contributed by atoms with E-state index in [1.807, 2.05) is 7.05 Å². The first kappa shape index (κ1) is 19.1. The van der Waals surface area contributed by atoms with Gasteiger partial charge in [0.05, 0.1) is 11.3 Å². The highest BCUT2D eigenvalue weighted by molar-refractivity contribution is 5.99. The van der Waals surface area contributed by atoms with E-state index in [4.69, 9.17) is 10.7 Å². The van der Waals surface area contributed by atoms with Crippen LogP contribution < -0.4 is 5.73 Å². The average molecular weight is 359 g/mol. The molecule has 1 aromatic heterocycles. The van der Waals surface area contributed by atoms with Gasteiger partial charge in [0.2, 0.25) is 0 Å². The number of nitrogens with zero attached hydrogens (tertiary/aromatic N) is 3. The molecule has 0 radical (unpaired) electrons. The van der Waals surface area contributed by atoms with E-state index in [0.717, 1.165) is 49.8 Å². The maximum atomic E-state index is 12.1. The van der Waals surface area contributed by atoms with E-state index in [2.05, 4.69) is 25.9 Å². The Morgan fingerprint density at radius 1 is 1.31 bits per heavy atom. The highest BCUT2D eigenvalue weighted by Gasteiger charge is 2.48. The number of hydrogen-bond donors (Lipinski definition) is 1. The Balaban J connectivity index is 1.69. The lowest BCUT2D eigenvalue weighted by Crippen LogP contribution is -2.18. The lowest BCUT2D eigenvalue weighted by Gasteiger charge is -2.26. The van der Waals surface area contributed by atoms with E-state index >= 15 is 0 Å². The number of carbonyl (C=O) groups excluding carboxylic acids is 1. The van der Waals surface area contributed by atoms with E-state index in [-0.39, 0.29) is 5.78 Å². The van der Waals surface area contributed by atoms with Crippen LogP contribution in [0.2, 0.25) is 0 Å². The molecule has 0 amide bonds. The smallest absolute Gasteiger partial charge is 0.165 e. The maximum absolute atomic E-state index is 12.1. The lowest BCUT2D eigenvalue weighted by atomic mass is 9.80. The molecule has 3 rings (SSSR count). The van der Waals surface area contributed by atoms with Crippen LogP contribution in [0.15, 0.2) is 4.99 Å². The zero-order valence-electron chi connectivity index (χ0n) is 17.0. The molecule has 2 aliphatic carbocycles. The molecule has 2 aliphatic rings. The van der Waals surface area contributed by atoms with Crippen molar-refractivity contribution >= 4 is 17.3 Å². The SMILES string of the molecule is CCC/N=C(\C)CC1(C)CC2CC(c3nn(C)c(N)c3C(C)=O)CC2C1. The third-order valence-corrected chi connectivity index (χ3v) is 6.50. The van der Waals surface area contributed by atoms with Crippen LogP contribution in [0.3, 0.4) is 0 Å². The molecule has 1 aromatic rings. The van der Waals surface area contributed by atoms with Crippen molar-refractivity contribution in [3.63, 3.8) is 0 Å². The number of Topliss-reactive ketones (excluding diaryl/α,β-unsaturated/α-hetero) is 1. The maximum Gasteiger partial charge on any atom is 0.165 e. The van der Waals surface area contributed by atoms with Gasteiger partial charge in [0.1, 0.15) is 5.82 Å². The fourth-order valence-corrected chi connectivity index (χ4v) is 5.61. The van der Waals surface area contributed by atoms with Crippen LogP contribution in [-0.4, -0.2) is 27.8 Å². The Morgan fingerprint density at radius 2 is 1.92 bits per heavy atom. The molecule has 0 aromatic carbocycles. The zero-order valence-corrected chi connectivity index (χ0v) is 17.0. The summed E-state index contributed by atoms with van der Waals surface area (Å²) in [6.45, 7) is 9.35. The van der Waals surface area contributed by atoms with Crippen molar-refractivity contribution in [2.75, 3.05) is 12.3 Å². The van der Waals surface area contributed by atoms with Crippen molar-refractivity contribution in [2.45, 2.75) is 72.1 Å². The Morgan fingerprint density at radius 3 is 2.46 bits per heavy atom. The van der Waals surface area contributed by atoms with Crippen molar-refractivity contribution < 1.29 is 4.79 Å². The molecule has 5 heteroatoms. The monoisotopic (exact) mass is 358 g/mol. The molecule has 0 spiro atoms. The molecule has 144 valence electrons. The first-order valence-corrected chi connectivity index (χ1v) is 10.1. The normalized spacial score (nSPS) is 31.4. The molecule has 5 nitrogen and oxygen atoms in total. The first-order valence-electron chi connectivity index (χ1n) is 10.1. The van der Waals surface area contributed by atoms with Crippen molar-refractivity contribution in [3.8, 4) is 0 Å². The highest BCUT2D eigenvalue weighted by atomic mass is 16.1. The van der Waals surface area contributed by atoms with Crippen LogP contribution in [0, 0.1) is 17.3 Å². The van der Waals surface area contributed by atoms with Crippen molar-refractivity contribution in [2.24, 2.45) is 29.3 Å².